The van der Waals surface area contributed by atoms with Crippen molar-refractivity contribution < 1.29 is 18.7 Å². The Morgan fingerprint density at radius 2 is 1.87 bits per heavy atom. The van der Waals surface area contributed by atoms with E-state index in [2.05, 4.69) is 10.6 Å². The fraction of sp³-hybridized carbons (Fsp3) is 0.0625. The maximum absolute atomic E-state index is 13.1. The summed E-state index contributed by atoms with van der Waals surface area (Å²) in [6.45, 7) is 1.24. The number of anilines is 1. The lowest BCUT2D eigenvalue weighted by Crippen LogP contribution is -2.34. The van der Waals surface area contributed by atoms with E-state index in [1.165, 1.54) is 37.3 Å². The lowest BCUT2D eigenvalue weighted by Gasteiger charge is -2.11. The van der Waals surface area contributed by atoms with Gasteiger partial charge in [0.25, 0.3) is 5.91 Å². The van der Waals surface area contributed by atoms with E-state index in [9.17, 15) is 14.0 Å². The number of halogens is 1. The Kier molecular flexibility index (Phi) is 5.37. The fourth-order valence-corrected chi connectivity index (χ4v) is 2.01. The molecule has 0 aliphatic rings. The van der Waals surface area contributed by atoms with E-state index < -0.39 is 17.7 Å². The highest BCUT2D eigenvalue weighted by molar-refractivity contribution is 7.80. The first-order valence-corrected chi connectivity index (χ1v) is 7.02. The molecule has 5 nitrogen and oxygen atoms in total. The zero-order valence-electron chi connectivity index (χ0n) is 12.1. The van der Waals surface area contributed by atoms with Crippen LogP contribution in [0.5, 0.6) is 5.75 Å². The molecular weight excluding hydrogens is 319 g/mol. The van der Waals surface area contributed by atoms with Gasteiger partial charge in [-0.15, -0.1) is 0 Å². The number of hydrogen-bond acceptors (Lipinski definition) is 4. The van der Waals surface area contributed by atoms with Crippen molar-refractivity contribution in [2.75, 3.05) is 5.32 Å². The van der Waals surface area contributed by atoms with Crippen molar-refractivity contribution in [1.82, 2.24) is 5.32 Å². The summed E-state index contributed by atoms with van der Waals surface area (Å²) < 4.78 is 18.1. The molecular formula is C16H13FN2O3S. The lowest BCUT2D eigenvalue weighted by molar-refractivity contribution is -0.131. The van der Waals surface area contributed by atoms with Crippen LogP contribution in [0.2, 0.25) is 0 Å². The van der Waals surface area contributed by atoms with Crippen LogP contribution in [-0.2, 0) is 4.79 Å². The number of thiocarbonyl (C=S) groups is 1. The standard InChI is InChI=1S/C16H13FN2O3S/c1-10(20)22-14-8-3-2-7-13(14)15(21)19-16(23)18-12-6-4-5-11(17)9-12/h2-9H,1H3,(H2,18,19,21,23). The van der Waals surface area contributed by atoms with E-state index in [4.69, 9.17) is 17.0 Å². The minimum Gasteiger partial charge on any atom is -0.426 e. The summed E-state index contributed by atoms with van der Waals surface area (Å²) in [7, 11) is 0. The van der Waals surface area contributed by atoms with Crippen molar-refractivity contribution in [1.29, 1.82) is 0 Å². The van der Waals surface area contributed by atoms with Crippen molar-refractivity contribution in [3.05, 3.63) is 59.9 Å². The second-order valence-electron chi connectivity index (χ2n) is 4.51. The summed E-state index contributed by atoms with van der Waals surface area (Å²) in [5.74, 6) is -1.38. The monoisotopic (exact) mass is 332 g/mol. The molecule has 7 heteroatoms. The Balaban J connectivity index is 2.07. The van der Waals surface area contributed by atoms with Gasteiger partial charge in [-0.2, -0.15) is 0 Å². The maximum atomic E-state index is 13.1. The number of carbonyl (C=O) groups excluding carboxylic acids is 2. The first-order chi connectivity index (χ1) is 11.0. The van der Waals surface area contributed by atoms with Crippen molar-refractivity contribution in [2.24, 2.45) is 0 Å². The normalized spacial score (nSPS) is 9.83. The molecule has 0 spiro atoms. The molecule has 0 aliphatic heterocycles. The van der Waals surface area contributed by atoms with Gasteiger partial charge in [0.1, 0.15) is 11.6 Å². The van der Waals surface area contributed by atoms with E-state index in [-0.39, 0.29) is 16.4 Å². The highest BCUT2D eigenvalue weighted by Crippen LogP contribution is 2.18. The number of rotatable bonds is 3. The summed E-state index contributed by atoms with van der Waals surface area (Å²) in [6, 6.07) is 11.9. The van der Waals surface area contributed by atoms with Gasteiger partial charge in [-0.1, -0.05) is 18.2 Å². The van der Waals surface area contributed by atoms with Crippen LogP contribution in [0.4, 0.5) is 10.1 Å². The van der Waals surface area contributed by atoms with Crippen LogP contribution >= 0.6 is 12.2 Å². The van der Waals surface area contributed by atoms with E-state index in [0.29, 0.717) is 5.69 Å². The Hall–Kier alpha value is -2.80. The van der Waals surface area contributed by atoms with Crippen molar-refractivity contribution in [3.8, 4) is 5.75 Å². The third-order valence-corrected chi connectivity index (χ3v) is 2.90. The van der Waals surface area contributed by atoms with Crippen molar-refractivity contribution in [3.63, 3.8) is 0 Å². The summed E-state index contributed by atoms with van der Waals surface area (Å²) in [6.07, 6.45) is 0. The van der Waals surface area contributed by atoms with Gasteiger partial charge in [0.05, 0.1) is 5.56 Å². The predicted molar refractivity (Wildman–Crippen MR) is 87.8 cm³/mol. The minimum absolute atomic E-state index is 0.00164. The molecule has 0 unspecified atom stereocenters. The third-order valence-electron chi connectivity index (χ3n) is 2.69. The van der Waals surface area contributed by atoms with Gasteiger partial charge in [-0.25, -0.2) is 4.39 Å². The zero-order chi connectivity index (χ0) is 16.8. The topological polar surface area (TPSA) is 67.4 Å². The van der Waals surface area contributed by atoms with E-state index in [1.54, 1.807) is 18.2 Å². The molecule has 2 rings (SSSR count). The molecule has 0 atom stereocenters. The van der Waals surface area contributed by atoms with Gasteiger partial charge in [0.15, 0.2) is 5.11 Å². The summed E-state index contributed by atoms with van der Waals surface area (Å²) in [5, 5.41) is 5.14. The number of ether oxygens (including phenoxy) is 1. The van der Waals surface area contributed by atoms with Crippen LogP contribution in [0, 0.1) is 5.82 Å². The maximum Gasteiger partial charge on any atom is 0.308 e. The summed E-state index contributed by atoms with van der Waals surface area (Å²) in [5.41, 5.74) is 0.565. The smallest absolute Gasteiger partial charge is 0.308 e. The van der Waals surface area contributed by atoms with Crippen LogP contribution in [0.3, 0.4) is 0 Å². The molecule has 2 aromatic rings. The number of nitrogens with one attached hydrogen (secondary N) is 2. The minimum atomic E-state index is -0.546. The second-order valence-corrected chi connectivity index (χ2v) is 4.92. The summed E-state index contributed by atoms with van der Waals surface area (Å²) >= 11 is 5.01. The molecule has 2 N–H and O–H groups in total. The average Bonchev–Trinajstić information content (AvgIpc) is 2.46. The molecule has 0 saturated carbocycles. The van der Waals surface area contributed by atoms with Gasteiger partial charge in [0.2, 0.25) is 0 Å². The molecule has 0 radical (unpaired) electrons. The Morgan fingerprint density at radius 3 is 2.57 bits per heavy atom. The molecule has 1 amide bonds. The zero-order valence-corrected chi connectivity index (χ0v) is 12.9. The number of benzene rings is 2. The first kappa shape index (κ1) is 16.6. The van der Waals surface area contributed by atoms with Crippen LogP contribution in [0.1, 0.15) is 17.3 Å². The quantitative estimate of drug-likeness (QED) is 0.514. The predicted octanol–water partition coefficient (Wildman–Crippen LogP) is 2.88. The van der Waals surface area contributed by atoms with Crippen LogP contribution < -0.4 is 15.4 Å². The van der Waals surface area contributed by atoms with E-state index in [1.807, 2.05) is 0 Å². The van der Waals surface area contributed by atoms with E-state index in [0.717, 1.165) is 0 Å². The van der Waals surface area contributed by atoms with Crippen LogP contribution in [0.15, 0.2) is 48.5 Å². The van der Waals surface area contributed by atoms with Crippen molar-refractivity contribution in [2.45, 2.75) is 6.92 Å². The largest absolute Gasteiger partial charge is 0.426 e. The van der Waals surface area contributed by atoms with E-state index >= 15 is 0 Å². The first-order valence-electron chi connectivity index (χ1n) is 6.61. The Bertz CT molecular complexity index is 764. The molecule has 0 aliphatic carbocycles. The highest BCUT2D eigenvalue weighted by Gasteiger charge is 2.14. The number of carbonyl (C=O) groups is 2. The van der Waals surface area contributed by atoms with Gasteiger partial charge >= 0.3 is 5.97 Å². The molecule has 0 heterocycles. The second kappa shape index (κ2) is 7.46. The molecule has 0 aromatic heterocycles. The molecule has 2 aromatic carbocycles. The SMILES string of the molecule is CC(=O)Oc1ccccc1C(=O)NC(=S)Nc1cccc(F)c1. The molecule has 118 valence electrons. The van der Waals surface area contributed by atoms with Gasteiger partial charge in [-0.3, -0.25) is 14.9 Å². The number of amides is 1. The summed E-state index contributed by atoms with van der Waals surface area (Å²) in [4.78, 5) is 23.3. The third kappa shape index (κ3) is 4.86. The Morgan fingerprint density at radius 1 is 1.13 bits per heavy atom. The fourth-order valence-electron chi connectivity index (χ4n) is 1.80. The van der Waals surface area contributed by atoms with Gasteiger partial charge in [-0.05, 0) is 42.5 Å². The average molecular weight is 332 g/mol. The van der Waals surface area contributed by atoms with Gasteiger partial charge < -0.3 is 10.1 Å². The molecule has 0 bridgehead atoms. The number of para-hydroxylation sites is 1. The lowest BCUT2D eigenvalue weighted by atomic mass is 10.2. The highest BCUT2D eigenvalue weighted by atomic mass is 32.1. The van der Waals surface area contributed by atoms with Gasteiger partial charge in [0, 0.05) is 12.6 Å². The number of hydrogen-bond donors (Lipinski definition) is 2. The Labute approximate surface area is 137 Å². The van der Waals surface area contributed by atoms with Crippen molar-refractivity contribution >= 4 is 34.9 Å². The van der Waals surface area contributed by atoms with Crippen LogP contribution in [-0.4, -0.2) is 17.0 Å². The van der Waals surface area contributed by atoms with Crippen LogP contribution in [0.25, 0.3) is 0 Å². The molecule has 23 heavy (non-hydrogen) atoms. The number of esters is 1. The molecule has 0 fully saturated rings. The molecule has 0 saturated heterocycles.